The van der Waals surface area contributed by atoms with Crippen LogP contribution in [-0.4, -0.2) is 40.2 Å². The van der Waals surface area contributed by atoms with Gasteiger partial charge in [0, 0.05) is 40.7 Å². The third kappa shape index (κ3) is 5.41. The Bertz CT molecular complexity index is 1170. The molecule has 0 saturated carbocycles. The fourth-order valence-corrected chi connectivity index (χ4v) is 6.58. The average molecular weight is 535 g/mol. The highest BCUT2D eigenvalue weighted by atomic mass is 35.5. The molecule has 0 bridgehead atoms. The molecule has 1 unspecified atom stereocenters. The van der Waals surface area contributed by atoms with Crippen molar-refractivity contribution in [1.29, 1.82) is 0 Å². The van der Waals surface area contributed by atoms with Gasteiger partial charge in [0.2, 0.25) is 0 Å². The van der Waals surface area contributed by atoms with Crippen molar-refractivity contribution < 1.29 is 4.43 Å². The van der Waals surface area contributed by atoms with Crippen LogP contribution < -0.4 is 0 Å². The van der Waals surface area contributed by atoms with Crippen LogP contribution in [-0.2, 0) is 17.4 Å². The quantitative estimate of drug-likeness (QED) is 0.311. The van der Waals surface area contributed by atoms with Crippen molar-refractivity contribution in [2.45, 2.75) is 63.5 Å². The Morgan fingerprint density at radius 1 is 1.06 bits per heavy atom. The van der Waals surface area contributed by atoms with Crippen LogP contribution in [0.5, 0.6) is 0 Å². The molecule has 0 N–H and O–H groups in total. The fraction of sp³-hybridized carbons (Fsp3) is 0.462. The molecule has 0 radical (unpaired) electrons. The largest absolute Gasteiger partial charge is 0.415 e. The van der Waals surface area contributed by atoms with Crippen molar-refractivity contribution in [3.63, 3.8) is 0 Å². The molecule has 3 aromatic rings. The van der Waals surface area contributed by atoms with E-state index >= 15 is 0 Å². The maximum atomic E-state index is 6.76. The zero-order chi connectivity index (χ0) is 24.7. The lowest BCUT2D eigenvalue weighted by Crippen LogP contribution is -2.45. The van der Waals surface area contributed by atoms with E-state index in [1.54, 1.807) is 0 Å². The molecule has 1 aliphatic heterocycles. The molecule has 4 nitrogen and oxygen atoms in total. The van der Waals surface area contributed by atoms with Crippen molar-refractivity contribution in [3.05, 3.63) is 58.3 Å². The molecule has 0 fully saturated rings. The Labute approximate surface area is 218 Å². The normalized spacial score (nSPS) is 19.1. The molecule has 182 valence electrons. The van der Waals surface area contributed by atoms with E-state index in [-0.39, 0.29) is 9.79 Å². The predicted octanol–water partition coefficient (Wildman–Crippen LogP) is 7.99. The molecule has 1 aromatic heterocycles. The summed E-state index contributed by atoms with van der Waals surface area (Å²) in [5.41, 5.74) is 3.03. The van der Waals surface area contributed by atoms with Crippen molar-refractivity contribution in [2.24, 2.45) is 0 Å². The Morgan fingerprint density at radius 3 is 2.38 bits per heavy atom. The number of aromatic nitrogens is 3. The van der Waals surface area contributed by atoms with E-state index in [9.17, 15) is 0 Å². The number of nitrogens with zero attached hydrogens (tertiary/aromatic N) is 3. The minimum absolute atomic E-state index is 0.0314. The SMILES string of the molecule is CC1(CO[Si](C)(C)C(C)(C)C)Cc2nnc(-c3ccc(-c4ccc(Cl)cc4)cc3Cl)n2CCS1. The second kappa shape index (κ2) is 9.62. The fourth-order valence-electron chi connectivity index (χ4n) is 3.83. The van der Waals surface area contributed by atoms with E-state index in [0.29, 0.717) is 5.02 Å². The Hall–Kier alpha value is -1.31. The topological polar surface area (TPSA) is 39.9 Å². The number of rotatable bonds is 5. The molecular formula is C26H33Cl2N3OSSi. The zero-order valence-corrected chi connectivity index (χ0v) is 24.1. The number of thioether (sulfide) groups is 1. The first-order valence-corrected chi connectivity index (χ1v) is 16.3. The molecular weight excluding hydrogens is 501 g/mol. The van der Waals surface area contributed by atoms with Crippen molar-refractivity contribution in [2.75, 3.05) is 12.4 Å². The predicted molar refractivity (Wildman–Crippen MR) is 149 cm³/mol. The first-order valence-electron chi connectivity index (χ1n) is 11.6. The molecule has 34 heavy (non-hydrogen) atoms. The van der Waals surface area contributed by atoms with Gasteiger partial charge in [0.25, 0.3) is 0 Å². The summed E-state index contributed by atoms with van der Waals surface area (Å²) < 4.78 is 8.81. The highest BCUT2D eigenvalue weighted by molar-refractivity contribution is 8.00. The molecule has 0 amide bonds. The van der Waals surface area contributed by atoms with E-state index in [0.717, 1.165) is 58.7 Å². The number of hydrogen-bond donors (Lipinski definition) is 0. The molecule has 2 aromatic carbocycles. The van der Waals surface area contributed by atoms with Crippen LogP contribution in [0.15, 0.2) is 42.5 Å². The van der Waals surface area contributed by atoms with Crippen LogP contribution in [0.4, 0.5) is 0 Å². The number of benzene rings is 2. The van der Waals surface area contributed by atoms with E-state index < -0.39 is 8.32 Å². The highest BCUT2D eigenvalue weighted by Crippen LogP contribution is 2.40. The Morgan fingerprint density at radius 2 is 1.74 bits per heavy atom. The summed E-state index contributed by atoms with van der Waals surface area (Å²) >= 11 is 14.8. The van der Waals surface area contributed by atoms with Crippen molar-refractivity contribution in [1.82, 2.24) is 14.8 Å². The highest BCUT2D eigenvalue weighted by Gasteiger charge is 2.40. The third-order valence-electron chi connectivity index (χ3n) is 7.06. The molecule has 1 aliphatic rings. The van der Waals surface area contributed by atoms with Gasteiger partial charge < -0.3 is 8.99 Å². The summed E-state index contributed by atoms with van der Waals surface area (Å²) in [6.45, 7) is 15.4. The standard InChI is InChI=1S/C26H33Cl2N3OSSi/c1-25(2,3)34(5,6)32-17-26(4)16-23-29-30-24(31(23)13-14-33-26)21-12-9-19(15-22(21)28)18-7-10-20(27)11-8-18/h7-12,15H,13-14,16-17H2,1-6H3. The monoisotopic (exact) mass is 533 g/mol. The Kier molecular flexibility index (Phi) is 7.29. The van der Waals surface area contributed by atoms with Crippen LogP contribution in [0.25, 0.3) is 22.5 Å². The summed E-state index contributed by atoms with van der Waals surface area (Å²) in [7, 11) is -1.82. The van der Waals surface area contributed by atoms with Gasteiger partial charge >= 0.3 is 0 Å². The van der Waals surface area contributed by atoms with Gasteiger partial charge in [-0.05, 0) is 60.4 Å². The van der Waals surface area contributed by atoms with Gasteiger partial charge in [-0.2, -0.15) is 11.8 Å². The van der Waals surface area contributed by atoms with Gasteiger partial charge in [0.15, 0.2) is 14.1 Å². The smallest absolute Gasteiger partial charge is 0.192 e. The van der Waals surface area contributed by atoms with Crippen molar-refractivity contribution in [3.8, 4) is 22.5 Å². The van der Waals surface area contributed by atoms with Gasteiger partial charge in [0.1, 0.15) is 5.82 Å². The van der Waals surface area contributed by atoms with Gasteiger partial charge in [-0.25, -0.2) is 0 Å². The minimum atomic E-state index is -1.82. The summed E-state index contributed by atoms with van der Waals surface area (Å²) in [5.74, 6) is 2.81. The lowest BCUT2D eigenvalue weighted by Gasteiger charge is -2.39. The van der Waals surface area contributed by atoms with Gasteiger partial charge in [-0.3, -0.25) is 0 Å². The lowest BCUT2D eigenvalue weighted by atomic mass is 10.0. The molecule has 2 heterocycles. The number of halogens is 2. The maximum absolute atomic E-state index is 6.76. The van der Waals surface area contributed by atoms with E-state index in [1.165, 1.54) is 0 Å². The first kappa shape index (κ1) is 25.8. The average Bonchev–Trinajstić information content (AvgIpc) is 3.05. The molecule has 8 heteroatoms. The zero-order valence-electron chi connectivity index (χ0n) is 20.8. The van der Waals surface area contributed by atoms with Crippen LogP contribution in [0, 0.1) is 0 Å². The van der Waals surface area contributed by atoms with Gasteiger partial charge in [0.05, 0.1) is 5.02 Å². The van der Waals surface area contributed by atoms with Crippen LogP contribution in [0.2, 0.25) is 28.2 Å². The molecule has 0 spiro atoms. The third-order valence-corrected chi connectivity index (χ3v) is 13.4. The van der Waals surface area contributed by atoms with E-state index in [1.807, 2.05) is 48.2 Å². The van der Waals surface area contributed by atoms with Crippen LogP contribution in [0.3, 0.4) is 0 Å². The summed E-state index contributed by atoms with van der Waals surface area (Å²) in [4.78, 5) is 0. The van der Waals surface area contributed by atoms with Gasteiger partial charge in [-0.1, -0.05) is 62.2 Å². The summed E-state index contributed by atoms with van der Waals surface area (Å²) in [5, 5.41) is 10.7. The van der Waals surface area contributed by atoms with Gasteiger partial charge in [-0.15, -0.1) is 10.2 Å². The van der Waals surface area contributed by atoms with E-state index in [4.69, 9.17) is 27.6 Å². The second-order valence-corrected chi connectivity index (χ2v) is 18.2. The van der Waals surface area contributed by atoms with Crippen LogP contribution >= 0.6 is 35.0 Å². The van der Waals surface area contributed by atoms with E-state index in [2.05, 4.69) is 61.6 Å². The Balaban J connectivity index is 1.57. The molecule has 1 atom stereocenters. The number of hydrogen-bond acceptors (Lipinski definition) is 4. The summed E-state index contributed by atoms with van der Waals surface area (Å²) in [6, 6.07) is 13.9. The minimum Gasteiger partial charge on any atom is -0.415 e. The molecule has 0 saturated heterocycles. The second-order valence-electron chi connectivity index (χ2n) is 10.8. The number of fused-ring (bicyclic) bond motifs is 1. The molecule has 4 rings (SSSR count). The lowest BCUT2D eigenvalue weighted by molar-refractivity contribution is 0.252. The maximum Gasteiger partial charge on any atom is 0.192 e. The summed E-state index contributed by atoms with van der Waals surface area (Å²) in [6.07, 6.45) is 0.819. The van der Waals surface area contributed by atoms with Crippen LogP contribution in [0.1, 0.15) is 33.5 Å². The first-order chi connectivity index (χ1) is 15.9. The molecule has 0 aliphatic carbocycles. The van der Waals surface area contributed by atoms with Crippen molar-refractivity contribution >= 4 is 43.3 Å².